The Balaban J connectivity index is 1.54. The monoisotopic (exact) mass is 428 g/mol. The van der Waals surface area contributed by atoms with Crippen molar-refractivity contribution in [3.05, 3.63) is 87.9 Å². The van der Waals surface area contributed by atoms with Crippen LogP contribution < -0.4 is 15.4 Å². The molecule has 2 N–H and O–H groups in total. The number of halogens is 2. The molecule has 7 heteroatoms. The molecule has 0 aromatic heterocycles. The predicted octanol–water partition coefficient (Wildman–Crippen LogP) is 5.57. The third-order valence-corrected chi connectivity index (χ3v) is 4.88. The number of carbonyl (C=O) groups excluding carboxylic acids is 2. The zero-order valence-electron chi connectivity index (χ0n) is 15.5. The number of amides is 2. The zero-order chi connectivity index (χ0) is 20.8. The standard InChI is InChI=1S/C22H18Cl2N2O3/c1-14-18(23)7-4-8-20(14)26-21(27)13-29-16-11-9-15(10-12-16)25-22(28)17-5-2-3-6-19(17)24/h2-12H,13H2,1H3,(H,25,28)(H,26,27). The number of benzene rings is 3. The van der Waals surface area contributed by atoms with Crippen molar-refractivity contribution in [1.29, 1.82) is 0 Å². The molecule has 5 nitrogen and oxygen atoms in total. The van der Waals surface area contributed by atoms with Crippen LogP contribution in [0.1, 0.15) is 15.9 Å². The van der Waals surface area contributed by atoms with E-state index < -0.39 is 0 Å². The predicted molar refractivity (Wildman–Crippen MR) is 116 cm³/mol. The molecular formula is C22H18Cl2N2O3. The molecule has 0 radical (unpaired) electrons. The SMILES string of the molecule is Cc1c(Cl)cccc1NC(=O)COc1ccc(NC(=O)c2ccccc2Cl)cc1. The number of hydrogen-bond donors (Lipinski definition) is 2. The lowest BCUT2D eigenvalue weighted by molar-refractivity contribution is -0.118. The number of ether oxygens (including phenoxy) is 1. The van der Waals surface area contributed by atoms with Gasteiger partial charge in [0.2, 0.25) is 0 Å². The van der Waals surface area contributed by atoms with E-state index in [1.807, 2.05) is 6.92 Å². The van der Waals surface area contributed by atoms with E-state index >= 15 is 0 Å². The first kappa shape index (κ1) is 20.7. The van der Waals surface area contributed by atoms with E-state index in [1.54, 1.807) is 66.7 Å². The van der Waals surface area contributed by atoms with Crippen LogP contribution in [0, 0.1) is 6.92 Å². The Bertz CT molecular complexity index is 1040. The topological polar surface area (TPSA) is 67.4 Å². The van der Waals surface area contributed by atoms with Crippen LogP contribution in [0.15, 0.2) is 66.7 Å². The minimum absolute atomic E-state index is 0.155. The van der Waals surface area contributed by atoms with E-state index in [-0.39, 0.29) is 18.4 Å². The van der Waals surface area contributed by atoms with Gasteiger partial charge in [0.05, 0.1) is 10.6 Å². The average Bonchev–Trinajstić information content (AvgIpc) is 2.71. The molecule has 0 saturated carbocycles. The molecular weight excluding hydrogens is 411 g/mol. The molecule has 0 atom stereocenters. The second-order valence-corrected chi connectivity index (χ2v) is 7.02. The maximum Gasteiger partial charge on any atom is 0.262 e. The summed E-state index contributed by atoms with van der Waals surface area (Å²) < 4.78 is 5.49. The van der Waals surface area contributed by atoms with Crippen LogP contribution in [0.2, 0.25) is 10.0 Å². The molecule has 3 rings (SSSR count). The molecule has 0 unspecified atom stereocenters. The number of nitrogens with one attached hydrogen (secondary N) is 2. The first-order valence-corrected chi connectivity index (χ1v) is 9.53. The van der Waals surface area contributed by atoms with Gasteiger partial charge in [-0.2, -0.15) is 0 Å². The molecule has 3 aromatic rings. The van der Waals surface area contributed by atoms with Gasteiger partial charge in [0, 0.05) is 16.4 Å². The molecule has 0 aliphatic rings. The largest absolute Gasteiger partial charge is 0.484 e. The maximum atomic E-state index is 12.3. The Morgan fingerprint density at radius 2 is 1.55 bits per heavy atom. The van der Waals surface area contributed by atoms with Crippen molar-refractivity contribution in [2.24, 2.45) is 0 Å². The quantitative estimate of drug-likeness (QED) is 0.538. The van der Waals surface area contributed by atoms with Crippen LogP contribution in [0.3, 0.4) is 0 Å². The van der Waals surface area contributed by atoms with E-state index in [1.165, 1.54) is 0 Å². The number of hydrogen-bond acceptors (Lipinski definition) is 3. The van der Waals surface area contributed by atoms with E-state index in [2.05, 4.69) is 10.6 Å². The number of rotatable bonds is 6. The highest BCUT2D eigenvalue weighted by Gasteiger charge is 2.10. The highest BCUT2D eigenvalue weighted by atomic mass is 35.5. The Kier molecular flexibility index (Phi) is 6.75. The van der Waals surface area contributed by atoms with Gasteiger partial charge >= 0.3 is 0 Å². The van der Waals surface area contributed by atoms with Crippen LogP contribution in [-0.2, 0) is 4.79 Å². The first-order valence-electron chi connectivity index (χ1n) is 8.78. The average molecular weight is 429 g/mol. The van der Waals surface area contributed by atoms with E-state index in [4.69, 9.17) is 27.9 Å². The van der Waals surface area contributed by atoms with Crippen molar-refractivity contribution in [3.63, 3.8) is 0 Å². The van der Waals surface area contributed by atoms with Gasteiger partial charge in [-0.3, -0.25) is 9.59 Å². The molecule has 148 valence electrons. The fourth-order valence-corrected chi connectivity index (χ4v) is 2.95. The Hall–Kier alpha value is -3.02. The second kappa shape index (κ2) is 9.45. The van der Waals surface area contributed by atoms with Crippen molar-refractivity contribution >= 4 is 46.4 Å². The Labute approximate surface area is 178 Å². The maximum absolute atomic E-state index is 12.3. The summed E-state index contributed by atoms with van der Waals surface area (Å²) in [6, 6.07) is 18.8. The summed E-state index contributed by atoms with van der Waals surface area (Å²) in [5.74, 6) is -0.106. The van der Waals surface area contributed by atoms with Gasteiger partial charge in [-0.25, -0.2) is 0 Å². The van der Waals surface area contributed by atoms with Crippen molar-refractivity contribution in [2.75, 3.05) is 17.2 Å². The number of anilines is 2. The smallest absolute Gasteiger partial charge is 0.262 e. The third-order valence-electron chi connectivity index (χ3n) is 4.14. The summed E-state index contributed by atoms with van der Waals surface area (Å²) in [6.45, 7) is 1.67. The zero-order valence-corrected chi connectivity index (χ0v) is 17.1. The van der Waals surface area contributed by atoms with E-state index in [0.717, 1.165) is 5.56 Å². The lowest BCUT2D eigenvalue weighted by atomic mass is 10.2. The van der Waals surface area contributed by atoms with Gasteiger partial charge in [0.1, 0.15) is 5.75 Å². The molecule has 0 aliphatic carbocycles. The van der Waals surface area contributed by atoms with Crippen LogP contribution in [0.5, 0.6) is 5.75 Å². The fraction of sp³-hybridized carbons (Fsp3) is 0.0909. The van der Waals surface area contributed by atoms with Crippen molar-refractivity contribution < 1.29 is 14.3 Å². The van der Waals surface area contributed by atoms with Crippen molar-refractivity contribution in [3.8, 4) is 5.75 Å². The highest BCUT2D eigenvalue weighted by Crippen LogP contribution is 2.23. The summed E-state index contributed by atoms with van der Waals surface area (Å²) in [4.78, 5) is 24.4. The summed E-state index contributed by atoms with van der Waals surface area (Å²) in [5.41, 5.74) is 2.41. The lowest BCUT2D eigenvalue weighted by Crippen LogP contribution is -2.20. The van der Waals surface area contributed by atoms with Gasteiger partial charge in [-0.15, -0.1) is 0 Å². The van der Waals surface area contributed by atoms with Crippen molar-refractivity contribution in [2.45, 2.75) is 6.92 Å². The van der Waals surface area contributed by atoms with E-state index in [0.29, 0.717) is 32.7 Å². The summed E-state index contributed by atoms with van der Waals surface area (Å²) in [5, 5.41) is 6.49. The first-order chi connectivity index (χ1) is 13.9. The minimum atomic E-state index is -0.305. The van der Waals surface area contributed by atoms with Crippen LogP contribution in [0.4, 0.5) is 11.4 Å². The second-order valence-electron chi connectivity index (χ2n) is 6.21. The molecule has 0 fully saturated rings. The van der Waals surface area contributed by atoms with Gasteiger partial charge in [0.25, 0.3) is 11.8 Å². The van der Waals surface area contributed by atoms with Crippen LogP contribution >= 0.6 is 23.2 Å². The normalized spacial score (nSPS) is 10.3. The van der Waals surface area contributed by atoms with Crippen molar-refractivity contribution in [1.82, 2.24) is 0 Å². The number of carbonyl (C=O) groups is 2. The van der Waals surface area contributed by atoms with Gasteiger partial charge in [-0.1, -0.05) is 41.4 Å². The third kappa shape index (κ3) is 5.50. The van der Waals surface area contributed by atoms with E-state index in [9.17, 15) is 9.59 Å². The Morgan fingerprint density at radius 1 is 0.862 bits per heavy atom. The molecule has 0 saturated heterocycles. The molecule has 0 heterocycles. The summed E-state index contributed by atoms with van der Waals surface area (Å²) in [7, 11) is 0. The fourth-order valence-electron chi connectivity index (χ4n) is 2.56. The lowest BCUT2D eigenvalue weighted by Gasteiger charge is -2.11. The molecule has 0 aliphatic heterocycles. The molecule has 0 bridgehead atoms. The molecule has 29 heavy (non-hydrogen) atoms. The van der Waals surface area contributed by atoms with Crippen LogP contribution in [-0.4, -0.2) is 18.4 Å². The summed E-state index contributed by atoms with van der Waals surface area (Å²) >= 11 is 12.1. The molecule has 3 aromatic carbocycles. The van der Waals surface area contributed by atoms with Gasteiger partial charge in [0.15, 0.2) is 6.61 Å². The van der Waals surface area contributed by atoms with Gasteiger partial charge < -0.3 is 15.4 Å². The summed E-state index contributed by atoms with van der Waals surface area (Å²) in [6.07, 6.45) is 0. The van der Waals surface area contributed by atoms with Crippen LogP contribution in [0.25, 0.3) is 0 Å². The molecule has 2 amide bonds. The molecule has 0 spiro atoms. The highest BCUT2D eigenvalue weighted by molar-refractivity contribution is 6.34. The van der Waals surface area contributed by atoms with Gasteiger partial charge in [-0.05, 0) is 61.0 Å². The Morgan fingerprint density at radius 3 is 2.28 bits per heavy atom. The minimum Gasteiger partial charge on any atom is -0.484 e.